The molecule has 4 atom stereocenters. The van der Waals surface area contributed by atoms with Gasteiger partial charge < -0.3 is 9.47 Å². The molecule has 3 aliphatic carbocycles. The molecule has 1 aliphatic heterocycles. The third-order valence-corrected chi connectivity index (χ3v) is 6.85. The van der Waals surface area contributed by atoms with Crippen LogP contribution in [0.4, 0.5) is 0 Å². The van der Waals surface area contributed by atoms with Crippen LogP contribution in [-0.2, 0) is 20.8 Å². The second-order valence-corrected chi connectivity index (χ2v) is 8.20. The maximum atomic E-state index is 13.3. The molecule has 1 saturated carbocycles. The molecule has 1 heterocycles. The minimum absolute atomic E-state index is 0.0860. The number of fused-ring (bicyclic) bond motifs is 1. The fraction of sp³-hybridized carbons (Fsp3) is 0.375. The molecule has 0 spiro atoms. The Morgan fingerprint density at radius 3 is 2.33 bits per heavy atom. The van der Waals surface area contributed by atoms with Gasteiger partial charge in [0.25, 0.3) is 0 Å². The third kappa shape index (κ3) is 2.59. The van der Waals surface area contributed by atoms with E-state index in [2.05, 4.69) is 0 Å². The lowest BCUT2D eigenvalue weighted by atomic mass is 9.56. The van der Waals surface area contributed by atoms with Crippen LogP contribution >= 0.6 is 0 Å². The van der Waals surface area contributed by atoms with Crippen molar-refractivity contribution in [1.82, 2.24) is 4.90 Å². The van der Waals surface area contributed by atoms with Crippen molar-refractivity contribution >= 4 is 17.6 Å². The van der Waals surface area contributed by atoms with Gasteiger partial charge in [0.05, 0.1) is 32.0 Å². The number of rotatable bonds is 5. The van der Waals surface area contributed by atoms with E-state index in [4.69, 9.17) is 9.47 Å². The Kier molecular flexibility index (Phi) is 4.38. The topological polar surface area (TPSA) is 72.9 Å². The number of ketones is 1. The smallest absolute Gasteiger partial charge is 0.234 e. The molecule has 6 heteroatoms. The molecule has 2 aromatic carbocycles. The fourth-order valence-electron chi connectivity index (χ4n) is 5.52. The Hall–Kier alpha value is -3.15. The number of hydrogen-bond donors (Lipinski definition) is 0. The van der Waals surface area contributed by atoms with Crippen LogP contribution in [0.25, 0.3) is 0 Å². The number of carbonyl (C=O) groups excluding carboxylic acids is 3. The Morgan fingerprint density at radius 1 is 0.900 bits per heavy atom. The molecule has 2 fully saturated rings. The minimum atomic E-state index is -0.552. The monoisotopic (exact) mass is 405 g/mol. The minimum Gasteiger partial charge on any atom is -0.493 e. The predicted octanol–water partition coefficient (Wildman–Crippen LogP) is 2.70. The number of ether oxygens (including phenoxy) is 2. The van der Waals surface area contributed by atoms with Gasteiger partial charge in [-0.1, -0.05) is 30.3 Å². The van der Waals surface area contributed by atoms with E-state index < -0.39 is 17.8 Å². The quantitative estimate of drug-likeness (QED) is 0.715. The van der Waals surface area contributed by atoms with Crippen molar-refractivity contribution in [3.05, 3.63) is 59.2 Å². The number of benzene rings is 2. The van der Waals surface area contributed by atoms with Gasteiger partial charge in [-0.15, -0.1) is 0 Å². The number of Topliss-reactive ketones (excluding diaryl/α,β-unsaturated/α-hetero) is 1. The summed E-state index contributed by atoms with van der Waals surface area (Å²) in [7, 11) is 3.15. The van der Waals surface area contributed by atoms with Crippen LogP contribution in [0.15, 0.2) is 42.5 Å². The lowest BCUT2D eigenvalue weighted by Crippen LogP contribution is -2.44. The summed E-state index contributed by atoms with van der Waals surface area (Å²) in [5.74, 6) is -0.654. The fourth-order valence-corrected chi connectivity index (χ4v) is 5.52. The van der Waals surface area contributed by atoms with Crippen molar-refractivity contribution in [3.63, 3.8) is 0 Å². The van der Waals surface area contributed by atoms with Crippen LogP contribution in [0.2, 0.25) is 0 Å². The van der Waals surface area contributed by atoms with Gasteiger partial charge >= 0.3 is 0 Å². The zero-order valence-corrected chi connectivity index (χ0v) is 17.0. The highest BCUT2D eigenvalue weighted by Gasteiger charge is 2.62. The number of methoxy groups -OCH3 is 2. The van der Waals surface area contributed by atoms with Gasteiger partial charge in [-0.05, 0) is 35.2 Å². The summed E-state index contributed by atoms with van der Waals surface area (Å²) >= 11 is 0. The molecule has 6 rings (SSSR count). The molecule has 1 saturated heterocycles. The van der Waals surface area contributed by atoms with E-state index in [1.54, 1.807) is 14.2 Å². The SMILES string of the molecule is COc1ccc(CCN2C(=O)[C@@H]3[C@@H](C2=O)[C@H]2C(=O)C[C@@H]3c3ccccc32)cc1OC. The first-order valence-corrected chi connectivity index (χ1v) is 10.2. The molecule has 2 bridgehead atoms. The van der Waals surface area contributed by atoms with E-state index in [1.807, 2.05) is 42.5 Å². The average molecular weight is 405 g/mol. The molecule has 4 aliphatic rings. The van der Waals surface area contributed by atoms with Crippen molar-refractivity contribution < 1.29 is 23.9 Å². The van der Waals surface area contributed by atoms with Crippen LogP contribution in [0.3, 0.4) is 0 Å². The van der Waals surface area contributed by atoms with Crippen molar-refractivity contribution in [2.24, 2.45) is 11.8 Å². The van der Waals surface area contributed by atoms with E-state index in [1.165, 1.54) is 4.90 Å². The number of imide groups is 1. The van der Waals surface area contributed by atoms with Gasteiger partial charge in [-0.25, -0.2) is 0 Å². The molecular weight excluding hydrogens is 382 g/mol. The summed E-state index contributed by atoms with van der Waals surface area (Å²) in [6.45, 7) is 0.296. The highest BCUT2D eigenvalue weighted by atomic mass is 16.5. The average Bonchev–Trinajstić information content (AvgIpc) is 3.03. The van der Waals surface area contributed by atoms with Crippen molar-refractivity contribution in [3.8, 4) is 11.5 Å². The number of amides is 2. The van der Waals surface area contributed by atoms with Gasteiger partial charge in [0, 0.05) is 18.9 Å². The summed E-state index contributed by atoms with van der Waals surface area (Å²) in [4.78, 5) is 40.6. The molecule has 0 radical (unpaired) electrons. The second kappa shape index (κ2) is 6.97. The predicted molar refractivity (Wildman–Crippen MR) is 108 cm³/mol. The van der Waals surface area contributed by atoms with Gasteiger partial charge in [0.1, 0.15) is 5.78 Å². The molecule has 30 heavy (non-hydrogen) atoms. The van der Waals surface area contributed by atoms with E-state index in [-0.39, 0.29) is 23.5 Å². The highest BCUT2D eigenvalue weighted by Crippen LogP contribution is 2.57. The Balaban J connectivity index is 1.41. The zero-order valence-electron chi connectivity index (χ0n) is 17.0. The molecule has 2 amide bonds. The molecule has 6 nitrogen and oxygen atoms in total. The number of carbonyl (C=O) groups is 3. The normalized spacial score (nSPS) is 26.6. The van der Waals surface area contributed by atoms with Crippen molar-refractivity contribution in [2.45, 2.75) is 24.7 Å². The van der Waals surface area contributed by atoms with Crippen LogP contribution in [0.5, 0.6) is 11.5 Å². The van der Waals surface area contributed by atoms with Crippen LogP contribution < -0.4 is 9.47 Å². The Labute approximate surface area is 174 Å². The Bertz CT molecular complexity index is 1060. The lowest BCUT2D eigenvalue weighted by Gasteiger charge is -2.43. The summed E-state index contributed by atoms with van der Waals surface area (Å²) < 4.78 is 10.6. The number of nitrogens with zero attached hydrogens (tertiary/aromatic N) is 1. The highest BCUT2D eigenvalue weighted by molar-refractivity contribution is 6.11. The molecule has 2 aromatic rings. The van der Waals surface area contributed by atoms with Gasteiger partial charge in [-0.2, -0.15) is 0 Å². The van der Waals surface area contributed by atoms with Gasteiger partial charge in [0.15, 0.2) is 11.5 Å². The van der Waals surface area contributed by atoms with E-state index in [0.29, 0.717) is 30.9 Å². The van der Waals surface area contributed by atoms with Crippen molar-refractivity contribution in [1.29, 1.82) is 0 Å². The number of likely N-dealkylation sites (tertiary alicyclic amines) is 1. The summed E-state index contributed by atoms with van der Waals surface area (Å²) in [6.07, 6.45) is 0.874. The largest absolute Gasteiger partial charge is 0.493 e. The van der Waals surface area contributed by atoms with Crippen LogP contribution in [0, 0.1) is 11.8 Å². The molecule has 0 aromatic heterocycles. The summed E-state index contributed by atoms with van der Waals surface area (Å²) in [5, 5.41) is 0. The zero-order chi connectivity index (χ0) is 21.0. The van der Waals surface area contributed by atoms with Gasteiger partial charge in [-0.3, -0.25) is 19.3 Å². The lowest BCUT2D eigenvalue weighted by molar-refractivity contribution is -0.140. The second-order valence-electron chi connectivity index (χ2n) is 8.20. The van der Waals surface area contributed by atoms with Crippen LogP contribution in [-0.4, -0.2) is 43.3 Å². The van der Waals surface area contributed by atoms with Crippen LogP contribution in [0.1, 0.15) is 34.9 Å². The van der Waals surface area contributed by atoms with E-state index >= 15 is 0 Å². The summed E-state index contributed by atoms with van der Waals surface area (Å²) in [5.41, 5.74) is 2.94. The Morgan fingerprint density at radius 2 is 1.60 bits per heavy atom. The first kappa shape index (κ1) is 18.9. The third-order valence-electron chi connectivity index (χ3n) is 6.85. The molecule has 0 unspecified atom stereocenters. The van der Waals surface area contributed by atoms with Crippen molar-refractivity contribution in [2.75, 3.05) is 20.8 Å². The number of hydrogen-bond acceptors (Lipinski definition) is 5. The standard InChI is InChI=1S/C24H23NO5/c1-29-18-8-7-13(11-19(18)30-2)9-10-25-23(27)21-16-12-17(26)20(22(21)24(25)28)15-6-4-3-5-14(15)16/h3-8,11,16,20-22H,9-10,12H2,1-2H3/t16-,20-,21+,22+/m1/s1. The van der Waals surface area contributed by atoms with Gasteiger partial charge in [0.2, 0.25) is 11.8 Å². The first-order chi connectivity index (χ1) is 14.5. The molecular formula is C24H23NO5. The van der Waals surface area contributed by atoms with E-state index in [0.717, 1.165) is 16.7 Å². The maximum absolute atomic E-state index is 13.3. The summed E-state index contributed by atoms with van der Waals surface area (Å²) in [6, 6.07) is 13.4. The van der Waals surface area contributed by atoms with E-state index in [9.17, 15) is 14.4 Å². The molecule has 0 N–H and O–H groups in total. The molecule has 154 valence electrons. The maximum Gasteiger partial charge on any atom is 0.234 e. The first-order valence-electron chi connectivity index (χ1n) is 10.2.